The molecule has 2 unspecified atom stereocenters. The van der Waals surface area contributed by atoms with E-state index in [9.17, 15) is 4.79 Å². The zero-order valence-corrected chi connectivity index (χ0v) is 17.1. The van der Waals surface area contributed by atoms with Gasteiger partial charge in [0.25, 0.3) is 0 Å². The number of rotatable bonds is 3. The number of carbonyl (C=O) groups excluding carboxylic acids is 1. The average Bonchev–Trinajstić information content (AvgIpc) is 3.23. The number of aromatic nitrogens is 2. The van der Waals surface area contributed by atoms with Gasteiger partial charge in [-0.25, -0.2) is 4.79 Å². The first kappa shape index (κ1) is 18.3. The molecule has 0 saturated carbocycles. The van der Waals surface area contributed by atoms with E-state index in [1.54, 1.807) is 0 Å². The molecule has 0 aliphatic carbocycles. The van der Waals surface area contributed by atoms with Crippen LogP contribution in [0.5, 0.6) is 5.75 Å². The molecule has 0 spiro atoms. The second-order valence-electron chi connectivity index (χ2n) is 7.50. The van der Waals surface area contributed by atoms with E-state index in [0.29, 0.717) is 12.5 Å². The molecule has 0 radical (unpaired) electrons. The summed E-state index contributed by atoms with van der Waals surface area (Å²) >= 11 is 3.53. The number of benzene rings is 1. The topological polar surface area (TPSA) is 59.4 Å². The van der Waals surface area contributed by atoms with Crippen molar-refractivity contribution in [1.29, 1.82) is 0 Å². The molecular weight excluding hydrogens is 408 g/mol. The molecule has 2 atom stereocenters. The zero-order valence-electron chi connectivity index (χ0n) is 15.5. The molecule has 2 aromatic rings. The average molecular weight is 433 g/mol. The fourth-order valence-corrected chi connectivity index (χ4v) is 4.41. The molecule has 4 rings (SSSR count). The van der Waals surface area contributed by atoms with E-state index in [2.05, 4.69) is 38.6 Å². The van der Waals surface area contributed by atoms with Crippen molar-refractivity contribution in [2.75, 3.05) is 19.7 Å². The van der Waals surface area contributed by atoms with Crippen molar-refractivity contribution in [3.63, 3.8) is 0 Å². The number of amides is 2. The quantitative estimate of drug-likeness (QED) is 0.804. The van der Waals surface area contributed by atoms with Crippen molar-refractivity contribution < 1.29 is 9.53 Å². The van der Waals surface area contributed by atoms with Crippen LogP contribution in [0.15, 0.2) is 35.1 Å². The minimum absolute atomic E-state index is 0.00938. The van der Waals surface area contributed by atoms with Crippen LogP contribution >= 0.6 is 15.9 Å². The molecule has 7 heteroatoms. The molecule has 144 valence electrons. The zero-order chi connectivity index (χ0) is 18.8. The van der Waals surface area contributed by atoms with Crippen LogP contribution in [0.1, 0.15) is 36.4 Å². The molecule has 2 aliphatic heterocycles. The summed E-state index contributed by atoms with van der Waals surface area (Å²) in [5, 5.41) is 7.48. The standard InChI is InChI=1S/C20H25BrN4O2/c1-24-12-15(11-22-24)9-14-6-7-25(13-14)20(26)23-18-3-2-8-27-19-5-4-16(21)10-17(18)19/h4-5,10-12,14,18H,2-3,6-9,13H2,1H3,(H,23,26). The fraction of sp³-hybridized carbons (Fsp3) is 0.500. The summed E-state index contributed by atoms with van der Waals surface area (Å²) in [6.45, 7) is 2.30. The van der Waals surface area contributed by atoms with E-state index in [1.165, 1.54) is 5.56 Å². The van der Waals surface area contributed by atoms with Crippen LogP contribution in [0, 0.1) is 5.92 Å². The van der Waals surface area contributed by atoms with Gasteiger partial charge in [0.1, 0.15) is 5.75 Å². The number of carbonyl (C=O) groups is 1. The Kier molecular flexibility index (Phi) is 5.38. The summed E-state index contributed by atoms with van der Waals surface area (Å²) in [6, 6.07) is 6.03. The van der Waals surface area contributed by atoms with Crippen molar-refractivity contribution in [3.05, 3.63) is 46.2 Å². The highest BCUT2D eigenvalue weighted by atomic mass is 79.9. The largest absolute Gasteiger partial charge is 0.493 e. The number of fused-ring (bicyclic) bond motifs is 1. The molecule has 2 amide bonds. The molecular formula is C20H25BrN4O2. The van der Waals surface area contributed by atoms with E-state index in [1.807, 2.05) is 35.0 Å². The Morgan fingerprint density at radius 2 is 2.30 bits per heavy atom. The van der Waals surface area contributed by atoms with Gasteiger partial charge in [0.05, 0.1) is 18.8 Å². The number of halogens is 1. The summed E-state index contributed by atoms with van der Waals surface area (Å²) < 4.78 is 8.67. The number of nitrogens with one attached hydrogen (secondary N) is 1. The summed E-state index contributed by atoms with van der Waals surface area (Å²) in [7, 11) is 1.94. The van der Waals surface area contributed by atoms with Gasteiger partial charge in [0.2, 0.25) is 0 Å². The number of urea groups is 1. The Hall–Kier alpha value is -2.02. The van der Waals surface area contributed by atoms with E-state index < -0.39 is 0 Å². The predicted octanol–water partition coefficient (Wildman–Crippen LogP) is 3.67. The van der Waals surface area contributed by atoms with Crippen LogP contribution in [-0.4, -0.2) is 40.4 Å². The lowest BCUT2D eigenvalue weighted by molar-refractivity contribution is 0.202. The first-order valence-corrected chi connectivity index (χ1v) is 10.3. The predicted molar refractivity (Wildman–Crippen MR) is 107 cm³/mol. The minimum atomic E-state index is -0.00938. The van der Waals surface area contributed by atoms with Gasteiger partial charge in [0, 0.05) is 36.4 Å². The molecule has 0 bridgehead atoms. The Morgan fingerprint density at radius 1 is 1.41 bits per heavy atom. The maximum absolute atomic E-state index is 12.9. The Morgan fingerprint density at radius 3 is 3.11 bits per heavy atom. The van der Waals surface area contributed by atoms with E-state index in [4.69, 9.17) is 4.74 Å². The van der Waals surface area contributed by atoms with Gasteiger partial charge >= 0.3 is 6.03 Å². The molecule has 1 N–H and O–H groups in total. The van der Waals surface area contributed by atoms with E-state index >= 15 is 0 Å². The number of likely N-dealkylation sites (tertiary alicyclic amines) is 1. The van der Waals surface area contributed by atoms with Crippen LogP contribution in [0.25, 0.3) is 0 Å². The van der Waals surface area contributed by atoms with E-state index in [0.717, 1.165) is 54.6 Å². The van der Waals surface area contributed by atoms with Crippen molar-refractivity contribution in [1.82, 2.24) is 20.0 Å². The maximum atomic E-state index is 12.9. The number of ether oxygens (including phenoxy) is 1. The minimum Gasteiger partial charge on any atom is -0.493 e. The molecule has 27 heavy (non-hydrogen) atoms. The van der Waals surface area contributed by atoms with Gasteiger partial charge in [-0.2, -0.15) is 5.10 Å². The van der Waals surface area contributed by atoms with Crippen LogP contribution in [0.3, 0.4) is 0 Å². The molecule has 2 aliphatic rings. The van der Waals surface area contributed by atoms with Gasteiger partial charge in [0.15, 0.2) is 0 Å². The molecule has 1 aromatic heterocycles. The van der Waals surface area contributed by atoms with Gasteiger partial charge in [-0.1, -0.05) is 15.9 Å². The van der Waals surface area contributed by atoms with Crippen LogP contribution in [-0.2, 0) is 13.5 Å². The van der Waals surface area contributed by atoms with Gasteiger partial charge < -0.3 is 15.0 Å². The number of hydrogen-bond acceptors (Lipinski definition) is 3. The number of aryl methyl sites for hydroxylation is 1. The SMILES string of the molecule is Cn1cc(CC2CCN(C(=O)NC3CCCOc4ccc(Br)cc43)C2)cn1. The molecule has 1 aromatic carbocycles. The smallest absolute Gasteiger partial charge is 0.317 e. The van der Waals surface area contributed by atoms with Gasteiger partial charge in [-0.3, -0.25) is 4.68 Å². The molecule has 6 nitrogen and oxygen atoms in total. The first-order valence-electron chi connectivity index (χ1n) is 9.53. The molecule has 3 heterocycles. The lowest BCUT2D eigenvalue weighted by atomic mass is 10.0. The van der Waals surface area contributed by atoms with Gasteiger partial charge in [-0.15, -0.1) is 0 Å². The fourth-order valence-electron chi connectivity index (χ4n) is 4.03. The first-order chi connectivity index (χ1) is 13.1. The monoisotopic (exact) mass is 432 g/mol. The highest BCUT2D eigenvalue weighted by molar-refractivity contribution is 9.10. The Balaban J connectivity index is 1.39. The Labute approximate surface area is 168 Å². The lowest BCUT2D eigenvalue weighted by Gasteiger charge is -2.23. The van der Waals surface area contributed by atoms with Crippen molar-refractivity contribution in [3.8, 4) is 5.75 Å². The number of nitrogens with zero attached hydrogens (tertiary/aromatic N) is 3. The second kappa shape index (κ2) is 7.92. The summed E-state index contributed by atoms with van der Waals surface area (Å²) in [5.74, 6) is 1.37. The van der Waals surface area contributed by atoms with Crippen LogP contribution in [0.4, 0.5) is 4.79 Å². The third-order valence-electron chi connectivity index (χ3n) is 5.40. The van der Waals surface area contributed by atoms with Crippen LogP contribution in [0.2, 0.25) is 0 Å². The van der Waals surface area contributed by atoms with Crippen molar-refractivity contribution in [2.45, 2.75) is 31.7 Å². The number of hydrogen-bond donors (Lipinski definition) is 1. The van der Waals surface area contributed by atoms with E-state index in [-0.39, 0.29) is 12.1 Å². The maximum Gasteiger partial charge on any atom is 0.317 e. The second-order valence-corrected chi connectivity index (χ2v) is 8.42. The van der Waals surface area contributed by atoms with Crippen molar-refractivity contribution >= 4 is 22.0 Å². The van der Waals surface area contributed by atoms with Gasteiger partial charge in [-0.05, 0) is 55.4 Å². The Bertz CT molecular complexity index is 822. The highest BCUT2D eigenvalue weighted by Crippen LogP contribution is 2.34. The molecule has 1 fully saturated rings. The third kappa shape index (κ3) is 4.29. The lowest BCUT2D eigenvalue weighted by Crippen LogP contribution is -2.40. The summed E-state index contributed by atoms with van der Waals surface area (Å²) in [4.78, 5) is 14.8. The van der Waals surface area contributed by atoms with Crippen LogP contribution < -0.4 is 10.1 Å². The van der Waals surface area contributed by atoms with Crippen molar-refractivity contribution in [2.24, 2.45) is 13.0 Å². The summed E-state index contributed by atoms with van der Waals surface area (Å²) in [5.41, 5.74) is 2.30. The normalized spacial score (nSPS) is 22.1. The third-order valence-corrected chi connectivity index (χ3v) is 5.89. The summed E-state index contributed by atoms with van der Waals surface area (Å²) in [6.07, 6.45) is 7.82. The highest BCUT2D eigenvalue weighted by Gasteiger charge is 2.29. The molecule has 1 saturated heterocycles.